The molecule has 1 heterocycles. The van der Waals surface area contributed by atoms with Gasteiger partial charge in [0.1, 0.15) is 11.5 Å². The van der Waals surface area contributed by atoms with Crippen molar-refractivity contribution >= 4 is 23.6 Å². The Bertz CT molecular complexity index is 516. The maximum atomic E-state index is 11.7. The normalized spacial score (nSPS) is 9.88. The van der Waals surface area contributed by atoms with Crippen LogP contribution in [-0.4, -0.2) is 12.3 Å². The van der Waals surface area contributed by atoms with Crippen molar-refractivity contribution in [1.29, 1.82) is 0 Å². The van der Waals surface area contributed by atoms with Crippen LogP contribution in [0.3, 0.4) is 0 Å². The number of carbonyl (C=O) groups excluding carboxylic acids is 2. The topological polar surface area (TPSA) is 43.4 Å². The van der Waals surface area contributed by atoms with Gasteiger partial charge in [-0.1, -0.05) is 30.3 Å². The minimum Gasteiger partial charge on any atom is -0.457 e. The Labute approximate surface area is 103 Å². The number of aldehydes is 1. The summed E-state index contributed by atoms with van der Waals surface area (Å²) in [5.74, 6) is -0.453. The molecule has 0 aliphatic carbocycles. The summed E-state index contributed by atoms with van der Waals surface area (Å²) < 4.78 is 5.13. The highest BCUT2D eigenvalue weighted by Crippen LogP contribution is 2.16. The molecule has 2 rings (SSSR count). The first-order valence-electron chi connectivity index (χ1n) is 5.05. The second-order valence-corrected chi connectivity index (χ2v) is 4.30. The fraction of sp³-hybridized carbons (Fsp3) is 0.0769. The second kappa shape index (κ2) is 5.41. The van der Waals surface area contributed by atoms with Gasteiger partial charge in [0.25, 0.3) is 0 Å². The van der Waals surface area contributed by atoms with Gasteiger partial charge in [-0.3, -0.25) is 4.79 Å². The van der Waals surface area contributed by atoms with E-state index in [0.29, 0.717) is 16.7 Å². The summed E-state index contributed by atoms with van der Waals surface area (Å²) in [6.45, 7) is 0.218. The summed E-state index contributed by atoms with van der Waals surface area (Å²) in [6.07, 6.45) is 0.662. The van der Waals surface area contributed by atoms with Crippen LogP contribution in [0.5, 0.6) is 0 Å². The van der Waals surface area contributed by atoms with E-state index in [-0.39, 0.29) is 6.61 Å². The van der Waals surface area contributed by atoms with Crippen molar-refractivity contribution in [3.8, 4) is 0 Å². The molecule has 0 aliphatic heterocycles. The van der Waals surface area contributed by atoms with Crippen molar-refractivity contribution < 1.29 is 14.3 Å². The highest BCUT2D eigenvalue weighted by atomic mass is 32.1. The molecule has 1 aromatic carbocycles. The van der Waals surface area contributed by atoms with E-state index in [4.69, 9.17) is 4.74 Å². The molecule has 0 unspecified atom stereocenters. The van der Waals surface area contributed by atoms with Gasteiger partial charge in [-0.05, 0) is 17.0 Å². The molecule has 0 radical (unpaired) electrons. The molecule has 0 bridgehead atoms. The Balaban J connectivity index is 2.01. The van der Waals surface area contributed by atoms with Gasteiger partial charge >= 0.3 is 5.97 Å². The van der Waals surface area contributed by atoms with Crippen molar-refractivity contribution in [2.24, 2.45) is 0 Å². The summed E-state index contributed by atoms with van der Waals surface area (Å²) in [4.78, 5) is 22.7. The minimum absolute atomic E-state index is 0.218. The standard InChI is InChI=1S/C13H10O3S/c14-8-11-6-7-17-12(11)13(15)16-9-10-4-2-1-3-5-10/h1-8H,9H2. The summed E-state index contributed by atoms with van der Waals surface area (Å²) in [6, 6.07) is 11.0. The van der Waals surface area contributed by atoms with Crippen LogP contribution in [-0.2, 0) is 11.3 Å². The predicted molar refractivity (Wildman–Crippen MR) is 65.3 cm³/mol. The molecule has 0 saturated heterocycles. The monoisotopic (exact) mass is 246 g/mol. The lowest BCUT2D eigenvalue weighted by Crippen LogP contribution is -2.05. The second-order valence-electron chi connectivity index (χ2n) is 3.38. The molecule has 0 spiro atoms. The van der Waals surface area contributed by atoms with Gasteiger partial charge < -0.3 is 4.74 Å². The molecule has 2 aromatic rings. The number of rotatable bonds is 4. The van der Waals surface area contributed by atoms with Crippen molar-refractivity contribution in [2.45, 2.75) is 6.61 Å². The Morgan fingerprint density at radius 1 is 1.24 bits per heavy atom. The first kappa shape index (κ1) is 11.5. The molecule has 0 amide bonds. The molecule has 0 saturated carbocycles. The first-order chi connectivity index (χ1) is 8.31. The fourth-order valence-corrected chi connectivity index (χ4v) is 2.12. The van der Waals surface area contributed by atoms with Crippen LogP contribution in [0.2, 0.25) is 0 Å². The van der Waals surface area contributed by atoms with Crippen molar-refractivity contribution in [3.05, 3.63) is 57.8 Å². The average molecular weight is 246 g/mol. The number of ether oxygens (including phenoxy) is 1. The zero-order valence-electron chi connectivity index (χ0n) is 8.96. The molecule has 0 atom stereocenters. The van der Waals surface area contributed by atoms with E-state index in [2.05, 4.69) is 0 Å². The van der Waals surface area contributed by atoms with E-state index < -0.39 is 5.97 Å². The fourth-order valence-electron chi connectivity index (χ4n) is 1.37. The van der Waals surface area contributed by atoms with E-state index >= 15 is 0 Å². The zero-order valence-corrected chi connectivity index (χ0v) is 9.78. The van der Waals surface area contributed by atoms with Gasteiger partial charge in [-0.25, -0.2) is 4.79 Å². The quantitative estimate of drug-likeness (QED) is 0.615. The van der Waals surface area contributed by atoms with Gasteiger partial charge in [0.2, 0.25) is 0 Å². The van der Waals surface area contributed by atoms with Crippen molar-refractivity contribution in [1.82, 2.24) is 0 Å². The van der Waals surface area contributed by atoms with Gasteiger partial charge in [0.15, 0.2) is 6.29 Å². The maximum absolute atomic E-state index is 11.7. The third-order valence-electron chi connectivity index (χ3n) is 2.22. The molecule has 1 aromatic heterocycles. The smallest absolute Gasteiger partial charge is 0.349 e. The molecule has 0 fully saturated rings. The molecular formula is C13H10O3S. The zero-order chi connectivity index (χ0) is 12.1. The molecule has 17 heavy (non-hydrogen) atoms. The molecule has 4 heteroatoms. The molecule has 3 nitrogen and oxygen atoms in total. The number of thiophene rings is 1. The minimum atomic E-state index is -0.453. The lowest BCUT2D eigenvalue weighted by molar-refractivity contribution is 0.0477. The predicted octanol–water partition coefficient (Wildman–Crippen LogP) is 2.92. The third-order valence-corrected chi connectivity index (χ3v) is 3.13. The van der Waals surface area contributed by atoms with E-state index in [1.165, 1.54) is 11.3 Å². The molecule has 86 valence electrons. The summed E-state index contributed by atoms with van der Waals surface area (Å²) >= 11 is 1.21. The van der Waals surface area contributed by atoms with Crippen molar-refractivity contribution in [2.75, 3.05) is 0 Å². The highest BCUT2D eigenvalue weighted by molar-refractivity contribution is 7.12. The Kier molecular flexibility index (Phi) is 3.67. The van der Waals surface area contributed by atoms with Crippen molar-refractivity contribution in [3.63, 3.8) is 0 Å². The number of benzene rings is 1. The lowest BCUT2D eigenvalue weighted by Gasteiger charge is -2.03. The number of carbonyl (C=O) groups is 2. The van der Waals surface area contributed by atoms with E-state index in [9.17, 15) is 9.59 Å². The maximum Gasteiger partial charge on any atom is 0.349 e. The highest BCUT2D eigenvalue weighted by Gasteiger charge is 2.13. The Morgan fingerprint density at radius 2 is 2.00 bits per heavy atom. The SMILES string of the molecule is O=Cc1ccsc1C(=O)OCc1ccccc1. The van der Waals surface area contributed by atoms with Gasteiger partial charge in [-0.2, -0.15) is 0 Å². The van der Waals surface area contributed by atoms with Gasteiger partial charge in [0, 0.05) is 5.56 Å². The van der Waals surface area contributed by atoms with Crippen LogP contribution >= 0.6 is 11.3 Å². The Hall–Kier alpha value is -1.94. The van der Waals surface area contributed by atoms with Crippen LogP contribution < -0.4 is 0 Å². The summed E-state index contributed by atoms with van der Waals surface area (Å²) in [7, 11) is 0. The van der Waals surface area contributed by atoms with E-state index in [0.717, 1.165) is 5.56 Å². The van der Waals surface area contributed by atoms with Crippen LogP contribution in [0.4, 0.5) is 0 Å². The molecule has 0 aliphatic rings. The molecular weight excluding hydrogens is 236 g/mol. The van der Waals surface area contributed by atoms with E-state index in [1.54, 1.807) is 11.4 Å². The average Bonchev–Trinajstić information content (AvgIpc) is 2.85. The summed E-state index contributed by atoms with van der Waals surface area (Å²) in [5.41, 5.74) is 1.30. The lowest BCUT2D eigenvalue weighted by atomic mass is 10.2. The summed E-state index contributed by atoms with van der Waals surface area (Å²) in [5, 5.41) is 1.70. The van der Waals surface area contributed by atoms with E-state index in [1.807, 2.05) is 30.3 Å². The first-order valence-corrected chi connectivity index (χ1v) is 5.93. The largest absolute Gasteiger partial charge is 0.457 e. The van der Waals surface area contributed by atoms with Gasteiger partial charge in [0.05, 0.1) is 0 Å². The van der Waals surface area contributed by atoms with Crippen LogP contribution in [0.1, 0.15) is 25.6 Å². The van der Waals surface area contributed by atoms with Gasteiger partial charge in [-0.15, -0.1) is 11.3 Å². The van der Waals surface area contributed by atoms with Crippen LogP contribution in [0, 0.1) is 0 Å². The number of hydrogen-bond donors (Lipinski definition) is 0. The van der Waals surface area contributed by atoms with Crippen LogP contribution in [0.15, 0.2) is 41.8 Å². The third kappa shape index (κ3) is 2.79. The number of hydrogen-bond acceptors (Lipinski definition) is 4. The van der Waals surface area contributed by atoms with Crippen LogP contribution in [0.25, 0.3) is 0 Å². The molecule has 0 N–H and O–H groups in total. The number of esters is 1. The Morgan fingerprint density at radius 3 is 2.71 bits per heavy atom.